The van der Waals surface area contributed by atoms with Crippen LogP contribution in [0.2, 0.25) is 0 Å². The van der Waals surface area contributed by atoms with Crippen molar-refractivity contribution in [2.45, 2.75) is 53.6 Å². The molecule has 1 amide bonds. The molecule has 0 radical (unpaired) electrons. The van der Waals surface area contributed by atoms with Gasteiger partial charge in [-0.25, -0.2) is 8.42 Å². The number of hydrogen-bond donors (Lipinski definition) is 1. The number of rotatable bonds is 7. The van der Waals surface area contributed by atoms with Gasteiger partial charge >= 0.3 is 0 Å². The Kier molecular flexibility index (Phi) is 7.18. The summed E-state index contributed by atoms with van der Waals surface area (Å²) in [5.41, 5.74) is 5.64. The Morgan fingerprint density at radius 1 is 1.00 bits per heavy atom. The molecule has 0 saturated carbocycles. The number of hydrogen-bond acceptors (Lipinski definition) is 4. The summed E-state index contributed by atoms with van der Waals surface area (Å²) >= 11 is 0. The normalized spacial score (nSPS) is 13.5. The highest BCUT2D eigenvalue weighted by atomic mass is 32.2. The molecule has 0 bridgehead atoms. The van der Waals surface area contributed by atoms with Gasteiger partial charge in [-0.2, -0.15) is 0 Å². The molecule has 2 rings (SSSR count). The van der Waals surface area contributed by atoms with Crippen molar-refractivity contribution in [3.63, 3.8) is 0 Å². The second kappa shape index (κ2) is 9.08. The van der Waals surface area contributed by atoms with Crippen LogP contribution in [0.4, 0.5) is 5.69 Å². The lowest BCUT2D eigenvalue weighted by molar-refractivity contribution is -0.122. The van der Waals surface area contributed by atoms with Crippen molar-refractivity contribution < 1.29 is 17.9 Å². The largest absolute Gasteiger partial charge is 0.495 e. The molecule has 2 aromatic rings. The maximum atomic E-state index is 13.1. The van der Waals surface area contributed by atoms with Crippen molar-refractivity contribution in [2.24, 2.45) is 0 Å². The zero-order valence-electron chi connectivity index (χ0n) is 19.0. The third kappa shape index (κ3) is 5.14. The molecule has 0 saturated heterocycles. The third-order valence-electron chi connectivity index (χ3n) is 5.37. The predicted octanol–water partition coefficient (Wildman–Crippen LogP) is 3.96. The van der Waals surface area contributed by atoms with Crippen molar-refractivity contribution >= 4 is 21.6 Å². The summed E-state index contributed by atoms with van der Waals surface area (Å²) in [6.45, 7) is 11.4. The Morgan fingerprint density at radius 3 is 2.17 bits per heavy atom. The number of carbonyl (C=O) groups excluding carboxylic acids is 1. The van der Waals surface area contributed by atoms with Gasteiger partial charge in [-0.15, -0.1) is 0 Å². The van der Waals surface area contributed by atoms with Crippen molar-refractivity contribution in [2.75, 3.05) is 17.7 Å². The quantitative estimate of drug-likeness (QED) is 0.719. The van der Waals surface area contributed by atoms with Gasteiger partial charge in [0.1, 0.15) is 11.8 Å². The van der Waals surface area contributed by atoms with Gasteiger partial charge in [0.2, 0.25) is 15.9 Å². The maximum Gasteiger partial charge on any atom is 0.244 e. The van der Waals surface area contributed by atoms with Crippen LogP contribution in [0.25, 0.3) is 0 Å². The number of ether oxygens (including phenoxy) is 1. The average molecular weight is 433 g/mol. The summed E-state index contributed by atoms with van der Waals surface area (Å²) in [7, 11) is -2.26. The van der Waals surface area contributed by atoms with E-state index in [2.05, 4.69) is 24.4 Å². The van der Waals surface area contributed by atoms with Crippen LogP contribution < -0.4 is 14.4 Å². The first-order valence-electron chi connectivity index (χ1n) is 9.89. The molecule has 1 N–H and O–H groups in total. The summed E-state index contributed by atoms with van der Waals surface area (Å²) in [4.78, 5) is 13.1. The number of nitrogens with zero attached hydrogens (tertiary/aromatic N) is 1. The number of nitrogens with one attached hydrogen (secondary N) is 1. The first kappa shape index (κ1) is 23.7. The third-order valence-corrected chi connectivity index (χ3v) is 6.60. The lowest BCUT2D eigenvalue weighted by Gasteiger charge is -2.30. The first-order chi connectivity index (χ1) is 13.9. The van der Waals surface area contributed by atoms with Crippen LogP contribution in [-0.2, 0) is 14.8 Å². The number of carbonyl (C=O) groups is 1. The predicted molar refractivity (Wildman–Crippen MR) is 122 cm³/mol. The Balaban J connectivity index is 2.38. The van der Waals surface area contributed by atoms with Gasteiger partial charge in [-0.05, 0) is 81.5 Å². The Morgan fingerprint density at radius 2 is 1.60 bits per heavy atom. The van der Waals surface area contributed by atoms with Crippen LogP contribution in [-0.4, -0.2) is 33.7 Å². The minimum Gasteiger partial charge on any atom is -0.495 e. The van der Waals surface area contributed by atoms with Crippen LogP contribution in [0.3, 0.4) is 0 Å². The van der Waals surface area contributed by atoms with Gasteiger partial charge in [0.25, 0.3) is 0 Å². The van der Waals surface area contributed by atoms with Crippen molar-refractivity contribution in [3.8, 4) is 5.75 Å². The van der Waals surface area contributed by atoms with E-state index in [-0.39, 0.29) is 11.9 Å². The molecule has 0 spiro atoms. The van der Waals surface area contributed by atoms with E-state index in [1.807, 2.05) is 33.8 Å². The van der Waals surface area contributed by atoms with Crippen molar-refractivity contribution in [3.05, 3.63) is 58.1 Å². The molecule has 0 aromatic heterocycles. The topological polar surface area (TPSA) is 75.7 Å². The molecule has 2 unspecified atom stereocenters. The maximum absolute atomic E-state index is 13.1. The average Bonchev–Trinajstić information content (AvgIpc) is 2.63. The van der Waals surface area contributed by atoms with Crippen LogP contribution in [0.5, 0.6) is 5.75 Å². The van der Waals surface area contributed by atoms with E-state index < -0.39 is 16.1 Å². The van der Waals surface area contributed by atoms with Crippen LogP contribution in [0.1, 0.15) is 47.7 Å². The van der Waals surface area contributed by atoms with Gasteiger partial charge in [-0.1, -0.05) is 18.2 Å². The number of methoxy groups -OCH3 is 1. The van der Waals surface area contributed by atoms with Crippen LogP contribution in [0, 0.1) is 27.7 Å². The lowest BCUT2D eigenvalue weighted by Crippen LogP contribution is -2.48. The number of amides is 1. The van der Waals surface area contributed by atoms with Gasteiger partial charge in [-0.3, -0.25) is 9.10 Å². The molecule has 0 aliphatic rings. The number of anilines is 1. The molecule has 7 heteroatoms. The minimum atomic E-state index is -3.74. The van der Waals surface area contributed by atoms with E-state index >= 15 is 0 Å². The SMILES string of the molecule is COc1ccc(C)cc1N(C(C)C(=O)NC(C)c1cc(C)c(C)cc1C)S(C)(=O)=O. The van der Waals surface area contributed by atoms with Gasteiger partial charge in [0.15, 0.2) is 0 Å². The smallest absolute Gasteiger partial charge is 0.244 e. The van der Waals surface area contributed by atoms with Crippen LogP contribution >= 0.6 is 0 Å². The van der Waals surface area contributed by atoms with E-state index in [9.17, 15) is 13.2 Å². The molecule has 164 valence electrons. The van der Waals surface area contributed by atoms with Gasteiger partial charge in [0.05, 0.1) is 25.1 Å². The lowest BCUT2D eigenvalue weighted by atomic mass is 9.96. The molecule has 2 aromatic carbocycles. The second-order valence-electron chi connectivity index (χ2n) is 7.93. The van der Waals surface area contributed by atoms with E-state index in [0.29, 0.717) is 11.4 Å². The van der Waals surface area contributed by atoms with Crippen molar-refractivity contribution in [1.82, 2.24) is 5.32 Å². The first-order valence-corrected chi connectivity index (χ1v) is 11.7. The minimum absolute atomic E-state index is 0.264. The van der Waals surface area contributed by atoms with Gasteiger partial charge < -0.3 is 10.1 Å². The van der Waals surface area contributed by atoms with Crippen LogP contribution in [0.15, 0.2) is 30.3 Å². The van der Waals surface area contributed by atoms with Gasteiger partial charge in [0, 0.05) is 0 Å². The fraction of sp³-hybridized carbons (Fsp3) is 0.435. The Labute approximate surface area is 180 Å². The molecule has 0 aliphatic heterocycles. The fourth-order valence-electron chi connectivity index (χ4n) is 3.61. The van der Waals surface area contributed by atoms with E-state index in [4.69, 9.17) is 4.74 Å². The molecular weight excluding hydrogens is 400 g/mol. The Hall–Kier alpha value is -2.54. The molecular formula is C23H32N2O4S. The highest BCUT2D eigenvalue weighted by molar-refractivity contribution is 7.92. The summed E-state index contributed by atoms with van der Waals surface area (Å²) in [6, 6.07) is 8.19. The monoisotopic (exact) mass is 432 g/mol. The van der Waals surface area contributed by atoms with E-state index in [0.717, 1.165) is 32.8 Å². The number of aryl methyl sites for hydroxylation is 4. The summed E-state index contributed by atoms with van der Waals surface area (Å²) < 4.78 is 31.8. The summed E-state index contributed by atoms with van der Waals surface area (Å²) in [5.74, 6) is 0.0119. The molecule has 30 heavy (non-hydrogen) atoms. The second-order valence-corrected chi connectivity index (χ2v) is 9.79. The number of benzene rings is 2. The molecule has 2 atom stereocenters. The zero-order valence-corrected chi connectivity index (χ0v) is 19.8. The molecule has 6 nitrogen and oxygen atoms in total. The van der Waals surface area contributed by atoms with E-state index in [1.54, 1.807) is 19.1 Å². The highest BCUT2D eigenvalue weighted by Crippen LogP contribution is 2.33. The van der Waals surface area contributed by atoms with E-state index in [1.165, 1.54) is 12.7 Å². The molecule has 0 heterocycles. The standard InChI is InChI=1S/C23H32N2O4S/c1-14-9-10-22(29-7)21(11-14)25(30(8,27)28)19(6)23(26)24-18(5)20-13-16(3)15(2)12-17(20)4/h9-13,18-19H,1-8H3,(H,24,26). The fourth-order valence-corrected chi connectivity index (χ4v) is 4.78. The van der Waals surface area contributed by atoms with Crippen molar-refractivity contribution in [1.29, 1.82) is 0 Å². The number of sulfonamides is 1. The summed E-state index contributed by atoms with van der Waals surface area (Å²) in [6.07, 6.45) is 1.09. The molecule has 0 fully saturated rings. The highest BCUT2D eigenvalue weighted by Gasteiger charge is 2.32. The summed E-state index contributed by atoms with van der Waals surface area (Å²) in [5, 5.41) is 2.97. The zero-order chi connectivity index (χ0) is 22.8. The Bertz CT molecular complexity index is 1050. The molecule has 0 aliphatic carbocycles.